The van der Waals surface area contributed by atoms with Gasteiger partial charge in [-0.1, -0.05) is 39.0 Å². The summed E-state index contributed by atoms with van der Waals surface area (Å²) in [5, 5.41) is 39.1. The molecule has 0 fully saturated rings. The molecule has 30 heavy (non-hydrogen) atoms. The SMILES string of the molecule is CC[C@H](C)C(=O)O[C@H]1C[C@H](O)C=C2C=C[C@H](C)[C@H](CCC(O)CC(O)CC(=O)O)[C@H]21. The summed E-state index contributed by atoms with van der Waals surface area (Å²) in [6.45, 7) is 5.85. The molecule has 0 aromatic heterocycles. The highest BCUT2D eigenvalue weighted by atomic mass is 16.5. The van der Waals surface area contributed by atoms with Crippen LogP contribution in [0.1, 0.15) is 59.3 Å². The van der Waals surface area contributed by atoms with Gasteiger partial charge in [-0.05, 0) is 43.1 Å². The fraction of sp³-hybridized carbons (Fsp3) is 0.739. The zero-order valence-electron chi connectivity index (χ0n) is 18.1. The number of esters is 1. The van der Waals surface area contributed by atoms with Gasteiger partial charge in [-0.25, -0.2) is 0 Å². The van der Waals surface area contributed by atoms with Crippen molar-refractivity contribution in [2.75, 3.05) is 0 Å². The van der Waals surface area contributed by atoms with Crippen LogP contribution in [0, 0.1) is 23.7 Å². The predicted octanol–water partition coefficient (Wildman–Crippen LogP) is 2.44. The van der Waals surface area contributed by atoms with E-state index in [9.17, 15) is 24.9 Å². The third-order valence-electron chi connectivity index (χ3n) is 6.44. The van der Waals surface area contributed by atoms with E-state index < -0.39 is 30.4 Å². The van der Waals surface area contributed by atoms with Crippen molar-refractivity contribution in [3.05, 3.63) is 23.8 Å². The van der Waals surface area contributed by atoms with Crippen molar-refractivity contribution in [2.24, 2.45) is 23.7 Å². The molecule has 0 heterocycles. The Morgan fingerprint density at radius 1 is 1.27 bits per heavy atom. The van der Waals surface area contributed by atoms with Gasteiger partial charge in [0.05, 0.1) is 30.7 Å². The fourth-order valence-corrected chi connectivity index (χ4v) is 4.52. The minimum absolute atomic E-state index is 0.0156. The van der Waals surface area contributed by atoms with Crippen LogP contribution >= 0.6 is 0 Å². The number of rotatable bonds is 10. The summed E-state index contributed by atoms with van der Waals surface area (Å²) in [5.74, 6) is -1.31. The monoisotopic (exact) mass is 424 g/mol. The molecule has 4 N–H and O–H groups in total. The first-order valence-electron chi connectivity index (χ1n) is 11.0. The van der Waals surface area contributed by atoms with Gasteiger partial charge < -0.3 is 25.2 Å². The van der Waals surface area contributed by atoms with Gasteiger partial charge in [0.1, 0.15) is 6.10 Å². The van der Waals surface area contributed by atoms with E-state index in [0.29, 0.717) is 25.7 Å². The maximum atomic E-state index is 12.4. The number of hydrogen-bond acceptors (Lipinski definition) is 6. The van der Waals surface area contributed by atoms with Gasteiger partial charge in [-0.3, -0.25) is 9.59 Å². The first kappa shape index (κ1) is 24.6. The highest BCUT2D eigenvalue weighted by molar-refractivity contribution is 5.72. The van der Waals surface area contributed by atoms with E-state index >= 15 is 0 Å². The summed E-state index contributed by atoms with van der Waals surface area (Å²) < 4.78 is 5.84. The Bertz CT molecular complexity index is 656. The smallest absolute Gasteiger partial charge is 0.308 e. The van der Waals surface area contributed by atoms with Crippen LogP contribution in [0.5, 0.6) is 0 Å². The van der Waals surface area contributed by atoms with Gasteiger partial charge >= 0.3 is 11.9 Å². The molecule has 0 spiro atoms. The maximum absolute atomic E-state index is 12.4. The second-order valence-electron chi connectivity index (χ2n) is 8.88. The van der Waals surface area contributed by atoms with E-state index in [2.05, 4.69) is 13.0 Å². The molecule has 0 saturated heterocycles. The van der Waals surface area contributed by atoms with Crippen LogP contribution in [-0.4, -0.2) is 56.8 Å². The van der Waals surface area contributed by atoms with Crippen molar-refractivity contribution >= 4 is 11.9 Å². The molecule has 2 rings (SSSR count). The van der Waals surface area contributed by atoms with Crippen LogP contribution in [0.25, 0.3) is 0 Å². The van der Waals surface area contributed by atoms with Gasteiger partial charge in [-0.2, -0.15) is 0 Å². The molecule has 0 radical (unpaired) electrons. The summed E-state index contributed by atoms with van der Waals surface area (Å²) in [6, 6.07) is 0. The molecule has 0 aliphatic heterocycles. The van der Waals surface area contributed by atoms with Gasteiger partial charge in [0, 0.05) is 12.3 Å². The van der Waals surface area contributed by atoms with Gasteiger partial charge in [-0.15, -0.1) is 0 Å². The Morgan fingerprint density at radius 3 is 2.60 bits per heavy atom. The van der Waals surface area contributed by atoms with Crippen molar-refractivity contribution in [3.8, 4) is 0 Å². The summed E-state index contributed by atoms with van der Waals surface area (Å²) in [6.07, 6.45) is 4.64. The Kier molecular flexibility index (Phi) is 9.07. The lowest BCUT2D eigenvalue weighted by molar-refractivity contribution is -0.159. The van der Waals surface area contributed by atoms with Crippen molar-refractivity contribution in [2.45, 2.75) is 83.7 Å². The first-order chi connectivity index (χ1) is 14.1. The van der Waals surface area contributed by atoms with Crippen LogP contribution in [0.3, 0.4) is 0 Å². The quantitative estimate of drug-likeness (QED) is 0.397. The minimum atomic E-state index is -1.10. The molecule has 0 aromatic carbocycles. The van der Waals surface area contributed by atoms with E-state index in [1.807, 2.05) is 26.0 Å². The Labute approximate surface area is 178 Å². The highest BCUT2D eigenvalue weighted by Crippen LogP contribution is 2.44. The van der Waals surface area contributed by atoms with Gasteiger partial charge in [0.2, 0.25) is 0 Å². The number of aliphatic hydroxyl groups is 3. The average molecular weight is 425 g/mol. The van der Waals surface area contributed by atoms with Crippen LogP contribution in [-0.2, 0) is 14.3 Å². The van der Waals surface area contributed by atoms with Crippen LogP contribution in [0.15, 0.2) is 23.8 Å². The van der Waals surface area contributed by atoms with Crippen molar-refractivity contribution in [1.82, 2.24) is 0 Å². The number of aliphatic hydroxyl groups excluding tert-OH is 3. The molecular formula is C23H36O7. The molecule has 2 aliphatic carbocycles. The number of hydrogen-bond donors (Lipinski definition) is 4. The summed E-state index contributed by atoms with van der Waals surface area (Å²) in [4.78, 5) is 23.1. The Morgan fingerprint density at radius 2 is 1.97 bits per heavy atom. The third-order valence-corrected chi connectivity index (χ3v) is 6.44. The third kappa shape index (κ3) is 6.65. The highest BCUT2D eigenvalue weighted by Gasteiger charge is 2.42. The molecule has 7 nitrogen and oxygen atoms in total. The summed E-state index contributed by atoms with van der Waals surface area (Å²) in [7, 11) is 0. The maximum Gasteiger partial charge on any atom is 0.308 e. The largest absolute Gasteiger partial charge is 0.481 e. The molecule has 2 unspecified atom stereocenters. The van der Waals surface area contributed by atoms with Crippen LogP contribution < -0.4 is 0 Å². The lowest BCUT2D eigenvalue weighted by Crippen LogP contribution is -2.43. The molecule has 0 amide bonds. The van der Waals surface area contributed by atoms with Gasteiger partial charge in [0.15, 0.2) is 0 Å². The number of carbonyl (C=O) groups excluding carboxylic acids is 1. The Hall–Kier alpha value is -1.70. The average Bonchev–Trinajstić information content (AvgIpc) is 2.65. The molecule has 7 heteroatoms. The van der Waals surface area contributed by atoms with Crippen LogP contribution in [0.4, 0.5) is 0 Å². The van der Waals surface area contributed by atoms with E-state index in [1.165, 1.54) is 0 Å². The summed E-state index contributed by atoms with van der Waals surface area (Å²) >= 11 is 0. The number of carbonyl (C=O) groups is 2. The second kappa shape index (κ2) is 11.1. The topological polar surface area (TPSA) is 124 Å². The first-order valence-corrected chi connectivity index (χ1v) is 11.0. The number of carboxylic acids is 1. The minimum Gasteiger partial charge on any atom is -0.481 e. The van der Waals surface area contributed by atoms with Crippen molar-refractivity contribution in [1.29, 1.82) is 0 Å². The number of fused-ring (bicyclic) bond motifs is 1. The van der Waals surface area contributed by atoms with E-state index in [0.717, 1.165) is 5.57 Å². The Balaban J connectivity index is 2.09. The molecule has 170 valence electrons. The van der Waals surface area contributed by atoms with Gasteiger partial charge in [0.25, 0.3) is 0 Å². The predicted molar refractivity (Wildman–Crippen MR) is 111 cm³/mol. The molecule has 0 aromatic rings. The number of aliphatic carboxylic acids is 1. The van der Waals surface area contributed by atoms with E-state index in [4.69, 9.17) is 9.84 Å². The standard InChI is InChI=1S/C23H36O7/c1-4-13(2)23(29)30-20-11-17(25)9-15-6-5-14(3)19(22(15)20)8-7-16(24)10-18(26)12-21(27)28/h5-6,9,13-14,16-20,22,24-26H,4,7-8,10-12H2,1-3H3,(H,27,28)/t13-,14-,16?,17+,18?,19-,20-,22-/m0/s1. The zero-order chi connectivity index (χ0) is 22.4. The number of allylic oxidation sites excluding steroid dienone is 2. The lowest BCUT2D eigenvalue weighted by atomic mass is 9.66. The number of carboxylic acid groups (broad SMARTS) is 1. The normalized spacial score (nSPS) is 31.3. The fourth-order valence-electron chi connectivity index (χ4n) is 4.52. The van der Waals surface area contributed by atoms with Crippen molar-refractivity contribution < 1.29 is 34.8 Å². The van der Waals surface area contributed by atoms with E-state index in [-0.39, 0.29) is 42.5 Å². The lowest BCUT2D eigenvalue weighted by Gasteiger charge is -2.43. The van der Waals surface area contributed by atoms with Crippen molar-refractivity contribution in [3.63, 3.8) is 0 Å². The summed E-state index contributed by atoms with van der Waals surface area (Å²) in [5.41, 5.74) is 0.958. The molecule has 0 bridgehead atoms. The zero-order valence-corrected chi connectivity index (χ0v) is 18.1. The molecular weight excluding hydrogens is 388 g/mol. The molecule has 8 atom stereocenters. The number of ether oxygens (including phenoxy) is 1. The second-order valence-corrected chi connectivity index (χ2v) is 8.88. The molecule has 2 aliphatic rings. The van der Waals surface area contributed by atoms with E-state index in [1.54, 1.807) is 0 Å². The molecule has 0 saturated carbocycles. The van der Waals surface area contributed by atoms with Crippen LogP contribution in [0.2, 0.25) is 0 Å².